The lowest BCUT2D eigenvalue weighted by atomic mass is 10.1. The van der Waals surface area contributed by atoms with Gasteiger partial charge < -0.3 is 15.1 Å². The Morgan fingerprint density at radius 3 is 2.41 bits per heavy atom. The molecule has 0 bridgehead atoms. The Bertz CT molecular complexity index is 958. The number of nitrogens with one attached hydrogen (secondary N) is 1. The molecule has 0 spiro atoms. The van der Waals surface area contributed by atoms with E-state index in [4.69, 9.17) is 0 Å². The Labute approximate surface area is 168 Å². The molecule has 148 valence electrons. The highest BCUT2D eigenvalue weighted by molar-refractivity contribution is 5.91. The summed E-state index contributed by atoms with van der Waals surface area (Å²) in [6.45, 7) is 3.34. The Balaban J connectivity index is 1.31. The van der Waals surface area contributed by atoms with E-state index >= 15 is 0 Å². The highest BCUT2D eigenvalue weighted by Crippen LogP contribution is 2.19. The second kappa shape index (κ2) is 8.64. The molecule has 0 radical (unpaired) electrons. The molecule has 1 fully saturated rings. The number of carbonyl (C=O) groups excluding carboxylic acids is 1. The van der Waals surface area contributed by atoms with Gasteiger partial charge in [0.05, 0.1) is 18.3 Å². The van der Waals surface area contributed by atoms with Crippen LogP contribution >= 0.6 is 0 Å². The van der Waals surface area contributed by atoms with Gasteiger partial charge in [0.15, 0.2) is 0 Å². The topological polar surface area (TPSA) is 74.2 Å². The van der Waals surface area contributed by atoms with Crippen LogP contribution in [0.3, 0.4) is 0 Å². The Kier molecular flexibility index (Phi) is 5.60. The van der Waals surface area contributed by atoms with E-state index in [2.05, 4.69) is 30.1 Å². The van der Waals surface area contributed by atoms with Crippen molar-refractivity contribution in [3.8, 4) is 0 Å². The molecule has 29 heavy (non-hydrogen) atoms. The van der Waals surface area contributed by atoms with Crippen LogP contribution in [0.2, 0.25) is 0 Å². The van der Waals surface area contributed by atoms with Gasteiger partial charge in [-0.3, -0.25) is 4.79 Å². The molecule has 0 aliphatic carbocycles. The van der Waals surface area contributed by atoms with Crippen LogP contribution in [0.5, 0.6) is 0 Å². The molecule has 2 aromatic heterocycles. The van der Waals surface area contributed by atoms with Crippen molar-refractivity contribution in [3.63, 3.8) is 0 Å². The molecule has 1 saturated heterocycles. The van der Waals surface area contributed by atoms with Crippen molar-refractivity contribution in [3.05, 3.63) is 72.4 Å². The Hall–Kier alpha value is -3.55. The average molecular weight is 392 g/mol. The molecule has 0 saturated carbocycles. The number of aromatic nitrogens is 3. The third-order valence-electron chi connectivity index (χ3n) is 4.75. The van der Waals surface area contributed by atoms with Gasteiger partial charge in [0.1, 0.15) is 11.6 Å². The Morgan fingerprint density at radius 1 is 0.966 bits per heavy atom. The van der Waals surface area contributed by atoms with Gasteiger partial charge in [-0.15, -0.1) is 0 Å². The predicted molar refractivity (Wildman–Crippen MR) is 109 cm³/mol. The minimum atomic E-state index is -0.350. The summed E-state index contributed by atoms with van der Waals surface area (Å²) in [6, 6.07) is 11.6. The van der Waals surface area contributed by atoms with Crippen LogP contribution in [0.15, 0.2) is 61.1 Å². The third-order valence-corrected chi connectivity index (χ3v) is 4.75. The fourth-order valence-corrected chi connectivity index (χ4v) is 3.29. The largest absolute Gasteiger partial charge is 0.367 e. The number of piperazine rings is 1. The molecule has 1 amide bonds. The van der Waals surface area contributed by atoms with E-state index in [1.54, 1.807) is 36.8 Å². The number of anilines is 3. The summed E-state index contributed by atoms with van der Waals surface area (Å²) >= 11 is 0. The first kappa shape index (κ1) is 18.8. The smallest absolute Gasteiger partial charge is 0.229 e. The minimum absolute atomic E-state index is 0.102. The highest BCUT2D eigenvalue weighted by Gasteiger charge is 2.19. The van der Waals surface area contributed by atoms with Crippen molar-refractivity contribution in [1.82, 2.24) is 15.0 Å². The maximum atomic E-state index is 13.2. The first-order chi connectivity index (χ1) is 14.2. The van der Waals surface area contributed by atoms with Crippen LogP contribution in [0.25, 0.3) is 0 Å². The zero-order valence-corrected chi connectivity index (χ0v) is 15.8. The van der Waals surface area contributed by atoms with Crippen molar-refractivity contribution in [1.29, 1.82) is 0 Å². The number of pyridine rings is 1. The molecule has 0 atom stereocenters. The zero-order chi connectivity index (χ0) is 20.1. The van der Waals surface area contributed by atoms with E-state index in [0.717, 1.165) is 37.8 Å². The molecule has 1 aliphatic heterocycles. The lowest BCUT2D eigenvalue weighted by molar-refractivity contribution is -0.115. The van der Waals surface area contributed by atoms with Crippen LogP contribution < -0.4 is 15.1 Å². The zero-order valence-electron chi connectivity index (χ0n) is 15.8. The van der Waals surface area contributed by atoms with E-state index in [1.807, 2.05) is 12.1 Å². The number of amides is 1. The molecule has 8 heteroatoms. The molecule has 3 heterocycles. The summed E-state index contributed by atoms with van der Waals surface area (Å²) in [5, 5.41) is 2.75. The number of benzene rings is 1. The van der Waals surface area contributed by atoms with Gasteiger partial charge >= 0.3 is 0 Å². The standard InChI is InChI=1S/C21H21FN6O/c22-17-4-1-3-16(13-17)14-20(29)26-19-6-5-18(15-25-19)27-9-11-28(12-10-27)21-23-7-2-8-24-21/h1-8,13,15H,9-12,14H2,(H,25,26,29). The van der Waals surface area contributed by atoms with Crippen LogP contribution in [-0.2, 0) is 11.2 Å². The summed E-state index contributed by atoms with van der Waals surface area (Å²) in [5.74, 6) is 0.650. The van der Waals surface area contributed by atoms with Gasteiger partial charge in [0.25, 0.3) is 0 Å². The maximum Gasteiger partial charge on any atom is 0.229 e. The number of rotatable bonds is 5. The van der Waals surface area contributed by atoms with Crippen molar-refractivity contribution < 1.29 is 9.18 Å². The second-order valence-corrected chi connectivity index (χ2v) is 6.78. The number of halogens is 1. The quantitative estimate of drug-likeness (QED) is 0.719. The van der Waals surface area contributed by atoms with E-state index in [-0.39, 0.29) is 18.1 Å². The monoisotopic (exact) mass is 392 g/mol. The minimum Gasteiger partial charge on any atom is -0.367 e. The normalized spacial score (nSPS) is 14.0. The fourth-order valence-electron chi connectivity index (χ4n) is 3.29. The van der Waals surface area contributed by atoms with E-state index in [9.17, 15) is 9.18 Å². The summed E-state index contributed by atoms with van der Waals surface area (Å²) in [5.41, 5.74) is 1.63. The van der Waals surface area contributed by atoms with Crippen molar-refractivity contribution in [2.75, 3.05) is 41.3 Å². The average Bonchev–Trinajstić information content (AvgIpc) is 2.75. The number of carbonyl (C=O) groups is 1. The Morgan fingerprint density at radius 2 is 1.72 bits per heavy atom. The molecule has 4 rings (SSSR count). The second-order valence-electron chi connectivity index (χ2n) is 6.78. The van der Waals surface area contributed by atoms with Crippen LogP contribution in [0.4, 0.5) is 21.8 Å². The number of nitrogens with zero attached hydrogens (tertiary/aromatic N) is 5. The summed E-state index contributed by atoms with van der Waals surface area (Å²) in [7, 11) is 0. The van der Waals surface area contributed by atoms with Gasteiger partial charge in [0, 0.05) is 38.6 Å². The first-order valence-corrected chi connectivity index (χ1v) is 9.45. The van der Waals surface area contributed by atoms with E-state index in [0.29, 0.717) is 11.4 Å². The molecule has 7 nitrogen and oxygen atoms in total. The van der Waals surface area contributed by atoms with Crippen LogP contribution in [-0.4, -0.2) is 47.0 Å². The summed E-state index contributed by atoms with van der Waals surface area (Å²) in [4.78, 5) is 29.5. The number of hydrogen-bond acceptors (Lipinski definition) is 6. The molecule has 1 N–H and O–H groups in total. The van der Waals surface area contributed by atoms with Gasteiger partial charge in [0.2, 0.25) is 11.9 Å². The lowest BCUT2D eigenvalue weighted by Crippen LogP contribution is -2.47. The van der Waals surface area contributed by atoms with Crippen LogP contribution in [0.1, 0.15) is 5.56 Å². The summed E-state index contributed by atoms with van der Waals surface area (Å²) < 4.78 is 13.2. The van der Waals surface area contributed by atoms with Gasteiger partial charge in [-0.1, -0.05) is 12.1 Å². The van der Waals surface area contributed by atoms with E-state index in [1.165, 1.54) is 12.1 Å². The van der Waals surface area contributed by atoms with Gasteiger partial charge in [-0.2, -0.15) is 0 Å². The fraction of sp³-hybridized carbons (Fsp3) is 0.238. The molecule has 1 aromatic carbocycles. The molecule has 3 aromatic rings. The first-order valence-electron chi connectivity index (χ1n) is 9.45. The van der Waals surface area contributed by atoms with Crippen molar-refractivity contribution in [2.24, 2.45) is 0 Å². The summed E-state index contributed by atoms with van der Waals surface area (Å²) in [6.07, 6.45) is 5.36. The predicted octanol–water partition coefficient (Wildman–Crippen LogP) is 2.52. The van der Waals surface area contributed by atoms with Gasteiger partial charge in [-0.05, 0) is 35.9 Å². The highest BCUT2D eigenvalue weighted by atomic mass is 19.1. The molecular formula is C21H21FN6O. The molecule has 1 aliphatic rings. The molecular weight excluding hydrogens is 371 g/mol. The van der Waals surface area contributed by atoms with Crippen molar-refractivity contribution >= 4 is 23.4 Å². The number of hydrogen-bond donors (Lipinski definition) is 1. The van der Waals surface area contributed by atoms with E-state index < -0.39 is 0 Å². The SMILES string of the molecule is O=C(Cc1cccc(F)c1)Nc1ccc(N2CCN(c3ncccn3)CC2)cn1. The van der Waals surface area contributed by atoms with Crippen LogP contribution in [0, 0.1) is 5.82 Å². The maximum absolute atomic E-state index is 13.2. The van der Waals surface area contributed by atoms with Gasteiger partial charge in [-0.25, -0.2) is 19.3 Å². The lowest BCUT2D eigenvalue weighted by Gasteiger charge is -2.35. The third kappa shape index (κ3) is 4.84. The molecule has 0 unspecified atom stereocenters. The van der Waals surface area contributed by atoms with Crippen molar-refractivity contribution in [2.45, 2.75) is 6.42 Å².